The Morgan fingerprint density at radius 2 is 2.30 bits per heavy atom. The molecular weight excluding hydrogens is 338 g/mol. The van der Waals surface area contributed by atoms with Crippen molar-refractivity contribution >= 4 is 33.2 Å². The monoisotopic (exact) mass is 355 g/mol. The summed E-state index contributed by atoms with van der Waals surface area (Å²) in [4.78, 5) is 7.71. The fraction of sp³-hybridized carbons (Fsp3) is 0.357. The maximum atomic E-state index is 5.31. The minimum absolute atomic E-state index is 0.804. The van der Waals surface area contributed by atoms with Crippen molar-refractivity contribution < 1.29 is 4.42 Å². The molecule has 2 rings (SSSR count). The Labute approximate surface area is 131 Å². The predicted molar refractivity (Wildman–Crippen MR) is 87.3 cm³/mol. The molecule has 0 unspecified atom stereocenters. The van der Waals surface area contributed by atoms with Crippen LogP contribution in [0.2, 0.25) is 0 Å². The first-order valence-electron chi connectivity index (χ1n) is 6.37. The number of aliphatic imine (C=N–C) groups is 1. The maximum Gasteiger partial charge on any atom is 0.193 e. The summed E-state index contributed by atoms with van der Waals surface area (Å²) in [5.74, 6) is 1.87. The third-order valence-electron chi connectivity index (χ3n) is 2.83. The number of furan rings is 1. The number of thiophene rings is 1. The normalized spacial score (nSPS) is 11.7. The SMILES string of the molecule is CN=C(NCCc1ccco1)N(C)Cc1ccc(Br)s1. The van der Waals surface area contributed by atoms with Crippen LogP contribution in [0.5, 0.6) is 0 Å². The molecule has 0 saturated carbocycles. The average molecular weight is 356 g/mol. The van der Waals surface area contributed by atoms with Crippen LogP contribution < -0.4 is 5.32 Å². The summed E-state index contributed by atoms with van der Waals surface area (Å²) in [6.07, 6.45) is 2.55. The summed E-state index contributed by atoms with van der Waals surface area (Å²) < 4.78 is 6.47. The molecule has 0 bridgehead atoms. The minimum Gasteiger partial charge on any atom is -0.469 e. The summed E-state index contributed by atoms with van der Waals surface area (Å²) in [5.41, 5.74) is 0. The van der Waals surface area contributed by atoms with Crippen LogP contribution >= 0.6 is 27.3 Å². The highest BCUT2D eigenvalue weighted by molar-refractivity contribution is 9.11. The van der Waals surface area contributed by atoms with Gasteiger partial charge in [-0.25, -0.2) is 0 Å². The number of hydrogen-bond acceptors (Lipinski definition) is 3. The number of guanidine groups is 1. The van der Waals surface area contributed by atoms with E-state index < -0.39 is 0 Å². The average Bonchev–Trinajstić information content (AvgIpc) is 3.06. The highest BCUT2D eigenvalue weighted by atomic mass is 79.9. The van der Waals surface area contributed by atoms with E-state index in [1.807, 2.05) is 19.2 Å². The molecule has 2 aromatic heterocycles. The first-order chi connectivity index (χ1) is 9.69. The van der Waals surface area contributed by atoms with Gasteiger partial charge in [-0.1, -0.05) is 0 Å². The van der Waals surface area contributed by atoms with Crippen LogP contribution in [-0.2, 0) is 13.0 Å². The van der Waals surface area contributed by atoms with Crippen molar-refractivity contribution in [2.45, 2.75) is 13.0 Å². The highest BCUT2D eigenvalue weighted by Crippen LogP contribution is 2.22. The molecule has 6 heteroatoms. The molecule has 0 aliphatic rings. The van der Waals surface area contributed by atoms with E-state index in [4.69, 9.17) is 4.42 Å². The number of hydrogen-bond donors (Lipinski definition) is 1. The summed E-state index contributed by atoms with van der Waals surface area (Å²) in [7, 11) is 3.84. The third kappa shape index (κ3) is 4.38. The molecule has 0 aromatic carbocycles. The smallest absolute Gasteiger partial charge is 0.193 e. The van der Waals surface area contributed by atoms with E-state index in [-0.39, 0.29) is 0 Å². The lowest BCUT2D eigenvalue weighted by Crippen LogP contribution is -2.39. The quantitative estimate of drug-likeness (QED) is 0.660. The summed E-state index contributed by atoms with van der Waals surface area (Å²) >= 11 is 5.23. The maximum absolute atomic E-state index is 5.31. The largest absolute Gasteiger partial charge is 0.469 e. The van der Waals surface area contributed by atoms with Crippen molar-refractivity contribution in [1.29, 1.82) is 0 Å². The van der Waals surface area contributed by atoms with E-state index in [1.54, 1.807) is 24.6 Å². The van der Waals surface area contributed by atoms with Crippen molar-refractivity contribution in [3.63, 3.8) is 0 Å². The number of halogens is 1. The molecule has 0 atom stereocenters. The van der Waals surface area contributed by atoms with E-state index in [2.05, 4.69) is 43.3 Å². The Morgan fingerprint density at radius 3 is 2.90 bits per heavy atom. The molecule has 0 saturated heterocycles. The molecule has 20 heavy (non-hydrogen) atoms. The van der Waals surface area contributed by atoms with Crippen LogP contribution in [0.25, 0.3) is 0 Å². The van der Waals surface area contributed by atoms with Gasteiger partial charge in [0.05, 0.1) is 16.6 Å². The van der Waals surface area contributed by atoms with Crippen LogP contribution in [-0.4, -0.2) is 31.5 Å². The van der Waals surface area contributed by atoms with Gasteiger partial charge in [-0.3, -0.25) is 4.99 Å². The zero-order valence-electron chi connectivity index (χ0n) is 11.6. The first kappa shape index (κ1) is 15.1. The zero-order chi connectivity index (χ0) is 14.4. The van der Waals surface area contributed by atoms with Crippen molar-refractivity contribution in [2.75, 3.05) is 20.6 Å². The van der Waals surface area contributed by atoms with E-state index >= 15 is 0 Å². The number of rotatable bonds is 5. The Kier molecular flexibility index (Phi) is 5.67. The Bertz CT molecular complexity index is 551. The molecule has 2 aromatic rings. The topological polar surface area (TPSA) is 40.8 Å². The van der Waals surface area contributed by atoms with E-state index in [9.17, 15) is 0 Å². The van der Waals surface area contributed by atoms with Gasteiger partial charge in [0, 0.05) is 31.9 Å². The number of nitrogens with one attached hydrogen (secondary N) is 1. The predicted octanol–water partition coefficient (Wildman–Crippen LogP) is 3.35. The fourth-order valence-electron chi connectivity index (χ4n) is 1.88. The van der Waals surface area contributed by atoms with Gasteiger partial charge in [-0.2, -0.15) is 0 Å². The molecule has 0 spiro atoms. The molecule has 0 fully saturated rings. The Morgan fingerprint density at radius 1 is 1.45 bits per heavy atom. The summed E-state index contributed by atoms with van der Waals surface area (Å²) in [6.45, 7) is 1.65. The fourth-order valence-corrected chi connectivity index (χ4v) is 3.42. The Hall–Kier alpha value is -1.27. The molecule has 0 amide bonds. The first-order valence-corrected chi connectivity index (χ1v) is 7.98. The number of nitrogens with zero attached hydrogens (tertiary/aromatic N) is 2. The van der Waals surface area contributed by atoms with Gasteiger partial charge in [0.2, 0.25) is 0 Å². The van der Waals surface area contributed by atoms with Gasteiger partial charge < -0.3 is 14.6 Å². The second-order valence-electron chi connectivity index (χ2n) is 4.37. The second kappa shape index (κ2) is 7.50. The summed E-state index contributed by atoms with van der Waals surface area (Å²) in [6, 6.07) is 8.09. The third-order valence-corrected chi connectivity index (χ3v) is 4.44. The summed E-state index contributed by atoms with van der Waals surface area (Å²) in [5, 5.41) is 3.34. The zero-order valence-corrected chi connectivity index (χ0v) is 14.0. The highest BCUT2D eigenvalue weighted by Gasteiger charge is 2.08. The lowest BCUT2D eigenvalue weighted by molar-refractivity contribution is 0.473. The van der Waals surface area contributed by atoms with Crippen LogP contribution in [0.15, 0.2) is 43.7 Å². The van der Waals surface area contributed by atoms with Gasteiger partial charge in [-0.15, -0.1) is 11.3 Å². The molecule has 1 N–H and O–H groups in total. The second-order valence-corrected chi connectivity index (χ2v) is 6.91. The standard InChI is InChI=1S/C14H18BrN3OS/c1-16-14(17-8-7-11-4-3-9-19-11)18(2)10-12-5-6-13(15)20-12/h3-6,9H,7-8,10H2,1-2H3,(H,16,17). The molecular formula is C14H18BrN3OS. The van der Waals surface area contributed by atoms with E-state index in [0.29, 0.717) is 0 Å². The van der Waals surface area contributed by atoms with E-state index in [1.165, 1.54) is 4.88 Å². The lowest BCUT2D eigenvalue weighted by Gasteiger charge is -2.21. The van der Waals surface area contributed by atoms with Crippen LogP contribution in [0.4, 0.5) is 0 Å². The van der Waals surface area contributed by atoms with Crippen molar-refractivity contribution in [3.05, 3.63) is 45.0 Å². The van der Waals surface area contributed by atoms with Crippen LogP contribution in [0.3, 0.4) is 0 Å². The molecule has 0 radical (unpaired) electrons. The Balaban J connectivity index is 1.81. The van der Waals surface area contributed by atoms with Gasteiger partial charge in [-0.05, 0) is 40.2 Å². The molecule has 4 nitrogen and oxygen atoms in total. The molecule has 2 heterocycles. The van der Waals surface area contributed by atoms with Gasteiger partial charge >= 0.3 is 0 Å². The molecule has 108 valence electrons. The van der Waals surface area contributed by atoms with Crippen molar-refractivity contribution in [1.82, 2.24) is 10.2 Å². The molecule has 0 aliphatic carbocycles. The van der Waals surface area contributed by atoms with Gasteiger partial charge in [0.15, 0.2) is 5.96 Å². The van der Waals surface area contributed by atoms with Gasteiger partial charge in [0.25, 0.3) is 0 Å². The van der Waals surface area contributed by atoms with Crippen molar-refractivity contribution in [3.8, 4) is 0 Å². The lowest BCUT2D eigenvalue weighted by atomic mass is 10.3. The van der Waals surface area contributed by atoms with E-state index in [0.717, 1.165) is 35.0 Å². The van der Waals surface area contributed by atoms with Crippen LogP contribution in [0, 0.1) is 0 Å². The van der Waals surface area contributed by atoms with Gasteiger partial charge in [0.1, 0.15) is 5.76 Å². The van der Waals surface area contributed by atoms with Crippen molar-refractivity contribution in [2.24, 2.45) is 4.99 Å². The minimum atomic E-state index is 0.804. The van der Waals surface area contributed by atoms with Crippen LogP contribution in [0.1, 0.15) is 10.6 Å². The molecule has 0 aliphatic heterocycles.